The molecule has 0 aliphatic heterocycles. The van der Waals surface area contributed by atoms with Crippen molar-refractivity contribution in [2.45, 2.75) is 30.0 Å². The second-order valence-corrected chi connectivity index (χ2v) is 5.38. The number of primary amides is 1. The molecule has 0 saturated heterocycles. The van der Waals surface area contributed by atoms with Gasteiger partial charge in [-0.1, -0.05) is 11.8 Å². The van der Waals surface area contributed by atoms with Gasteiger partial charge in [-0.2, -0.15) is 18.4 Å². The van der Waals surface area contributed by atoms with Crippen LogP contribution in [0.3, 0.4) is 0 Å². The maximum absolute atomic E-state index is 13.0. The first-order valence-electron chi connectivity index (χ1n) is 5.76. The summed E-state index contributed by atoms with van der Waals surface area (Å²) in [5.74, 6) is -0.879. The second-order valence-electron chi connectivity index (χ2n) is 4.41. The highest BCUT2D eigenvalue weighted by molar-refractivity contribution is 8.00. The van der Waals surface area contributed by atoms with Crippen molar-refractivity contribution in [1.82, 2.24) is 4.98 Å². The van der Waals surface area contributed by atoms with E-state index < -0.39 is 23.2 Å². The van der Waals surface area contributed by atoms with Crippen molar-refractivity contribution >= 4 is 17.7 Å². The molecule has 0 unspecified atom stereocenters. The Balaban J connectivity index is 2.49. The Morgan fingerprint density at radius 2 is 2.20 bits per heavy atom. The number of rotatable bonds is 4. The fraction of sp³-hybridized carbons (Fsp3) is 0.417. The smallest absolute Gasteiger partial charge is 0.369 e. The average Bonchev–Trinajstić information content (AvgIpc) is 3.18. The quantitative estimate of drug-likeness (QED) is 0.866. The minimum absolute atomic E-state index is 0.0109. The molecular formula is C12H10F3N3OS. The van der Waals surface area contributed by atoms with Crippen molar-refractivity contribution < 1.29 is 18.0 Å². The molecule has 0 radical (unpaired) electrons. The summed E-state index contributed by atoms with van der Waals surface area (Å²) in [4.78, 5) is 14.8. The molecule has 1 aliphatic carbocycles. The maximum Gasteiger partial charge on any atom is 0.417 e. The molecule has 1 heterocycles. The van der Waals surface area contributed by atoms with Gasteiger partial charge in [-0.25, -0.2) is 4.98 Å². The van der Waals surface area contributed by atoms with Gasteiger partial charge in [0.15, 0.2) is 0 Å². The predicted molar refractivity (Wildman–Crippen MR) is 65.8 cm³/mol. The number of thioether (sulfide) groups is 1. The van der Waals surface area contributed by atoms with E-state index in [1.54, 1.807) is 0 Å². The number of carbonyl (C=O) groups is 1. The van der Waals surface area contributed by atoms with Gasteiger partial charge in [0.05, 0.1) is 16.9 Å². The molecule has 106 valence electrons. The molecule has 20 heavy (non-hydrogen) atoms. The summed E-state index contributed by atoms with van der Waals surface area (Å²) in [6, 6.07) is 2.46. The number of nitriles is 1. The molecule has 2 N–H and O–H groups in total. The summed E-state index contributed by atoms with van der Waals surface area (Å²) >= 11 is 0.761. The first-order valence-corrected chi connectivity index (χ1v) is 6.75. The molecule has 1 saturated carbocycles. The summed E-state index contributed by atoms with van der Waals surface area (Å²) in [7, 11) is 0. The number of carbonyl (C=O) groups excluding carboxylic acids is 1. The Labute approximate surface area is 117 Å². The number of hydrogen-bond donors (Lipinski definition) is 1. The molecule has 2 rings (SSSR count). The van der Waals surface area contributed by atoms with Crippen LogP contribution in [-0.2, 0) is 11.0 Å². The van der Waals surface area contributed by atoms with Crippen LogP contribution in [0.5, 0.6) is 0 Å². The molecule has 1 fully saturated rings. The van der Waals surface area contributed by atoms with Crippen molar-refractivity contribution in [2.75, 3.05) is 5.75 Å². The third kappa shape index (κ3) is 3.22. The molecular weight excluding hydrogens is 291 g/mol. The van der Waals surface area contributed by atoms with Crippen LogP contribution in [0, 0.1) is 11.3 Å². The zero-order valence-electron chi connectivity index (χ0n) is 10.2. The van der Waals surface area contributed by atoms with Gasteiger partial charge in [0.1, 0.15) is 11.1 Å². The lowest BCUT2D eigenvalue weighted by molar-refractivity contribution is -0.138. The van der Waals surface area contributed by atoms with Gasteiger partial charge in [0.2, 0.25) is 5.91 Å². The van der Waals surface area contributed by atoms with Crippen LogP contribution in [-0.4, -0.2) is 16.6 Å². The van der Waals surface area contributed by atoms with Gasteiger partial charge in [-0.15, -0.1) is 0 Å². The minimum Gasteiger partial charge on any atom is -0.369 e. The number of hydrogen-bond acceptors (Lipinski definition) is 4. The predicted octanol–water partition coefficient (Wildman–Crippen LogP) is 2.43. The average molecular weight is 301 g/mol. The second kappa shape index (κ2) is 5.32. The number of nitrogens with two attached hydrogens (primary N) is 1. The van der Waals surface area contributed by atoms with Gasteiger partial charge in [0.25, 0.3) is 0 Å². The molecule has 0 aromatic carbocycles. The molecule has 0 bridgehead atoms. The van der Waals surface area contributed by atoms with E-state index in [2.05, 4.69) is 4.98 Å². The van der Waals surface area contributed by atoms with Gasteiger partial charge >= 0.3 is 6.18 Å². The van der Waals surface area contributed by atoms with Crippen LogP contribution in [0.1, 0.15) is 35.6 Å². The molecule has 4 nitrogen and oxygen atoms in total. The Hall–Kier alpha value is -1.75. The van der Waals surface area contributed by atoms with E-state index >= 15 is 0 Å². The first kappa shape index (κ1) is 14.7. The number of amides is 1. The van der Waals surface area contributed by atoms with E-state index in [1.165, 1.54) is 6.07 Å². The van der Waals surface area contributed by atoms with Crippen LogP contribution in [0.25, 0.3) is 0 Å². The van der Waals surface area contributed by atoms with Crippen LogP contribution in [0.4, 0.5) is 13.2 Å². The standard InChI is InChI=1S/C12H10F3N3OS/c13-12(14,15)8-3-9(6-1-2-6)18-11(7(8)4-16)20-5-10(17)19/h3,6H,1-2,5H2,(H2,17,19). The van der Waals surface area contributed by atoms with Gasteiger partial charge in [-0.3, -0.25) is 4.79 Å². The monoisotopic (exact) mass is 301 g/mol. The highest BCUT2D eigenvalue weighted by atomic mass is 32.2. The highest BCUT2D eigenvalue weighted by Gasteiger charge is 2.38. The Bertz CT molecular complexity index is 591. The van der Waals surface area contributed by atoms with E-state index in [4.69, 9.17) is 11.0 Å². The van der Waals surface area contributed by atoms with Crippen LogP contribution < -0.4 is 5.73 Å². The zero-order chi connectivity index (χ0) is 14.9. The van der Waals surface area contributed by atoms with E-state index in [0.29, 0.717) is 5.69 Å². The number of nitrogens with zero attached hydrogens (tertiary/aromatic N) is 2. The van der Waals surface area contributed by atoms with Crippen LogP contribution in [0.2, 0.25) is 0 Å². The third-order valence-corrected chi connectivity index (χ3v) is 3.77. The summed E-state index contributed by atoms with van der Waals surface area (Å²) < 4.78 is 39.0. The largest absolute Gasteiger partial charge is 0.417 e. The number of halogens is 3. The number of alkyl halides is 3. The van der Waals surface area contributed by atoms with Crippen LogP contribution >= 0.6 is 11.8 Å². The zero-order valence-corrected chi connectivity index (χ0v) is 11.0. The fourth-order valence-corrected chi connectivity index (χ4v) is 2.45. The molecule has 1 aromatic heterocycles. The van der Waals surface area contributed by atoms with E-state index in [1.807, 2.05) is 0 Å². The molecule has 1 amide bonds. The molecule has 1 aliphatic rings. The maximum atomic E-state index is 13.0. The topological polar surface area (TPSA) is 79.8 Å². The van der Waals surface area contributed by atoms with Crippen molar-refractivity contribution in [3.8, 4) is 6.07 Å². The van der Waals surface area contributed by atoms with E-state index in [-0.39, 0.29) is 16.7 Å². The number of aromatic nitrogens is 1. The van der Waals surface area contributed by atoms with Crippen molar-refractivity contribution in [3.05, 3.63) is 22.9 Å². The van der Waals surface area contributed by atoms with Crippen molar-refractivity contribution in [1.29, 1.82) is 5.26 Å². The minimum atomic E-state index is -4.63. The molecule has 0 spiro atoms. The lowest BCUT2D eigenvalue weighted by Gasteiger charge is -2.13. The van der Waals surface area contributed by atoms with Gasteiger partial charge < -0.3 is 5.73 Å². The Morgan fingerprint density at radius 3 is 2.65 bits per heavy atom. The summed E-state index contributed by atoms with van der Waals surface area (Å²) in [5, 5.41) is 8.87. The van der Waals surface area contributed by atoms with Gasteiger partial charge in [0, 0.05) is 11.6 Å². The van der Waals surface area contributed by atoms with Crippen molar-refractivity contribution in [3.63, 3.8) is 0 Å². The normalized spacial score (nSPS) is 14.9. The van der Waals surface area contributed by atoms with E-state index in [9.17, 15) is 18.0 Å². The lowest BCUT2D eigenvalue weighted by atomic mass is 10.1. The number of pyridine rings is 1. The lowest BCUT2D eigenvalue weighted by Crippen LogP contribution is -2.15. The highest BCUT2D eigenvalue weighted by Crippen LogP contribution is 2.43. The summed E-state index contributed by atoms with van der Waals surface area (Å²) in [6.07, 6.45) is -3.05. The molecule has 8 heteroatoms. The summed E-state index contributed by atoms with van der Waals surface area (Å²) in [5.41, 5.74) is 3.75. The molecule has 1 aromatic rings. The fourth-order valence-electron chi connectivity index (χ4n) is 1.70. The molecule has 0 atom stereocenters. The Morgan fingerprint density at radius 1 is 1.55 bits per heavy atom. The van der Waals surface area contributed by atoms with E-state index in [0.717, 1.165) is 30.7 Å². The SMILES string of the molecule is N#Cc1c(C(F)(F)F)cc(C2CC2)nc1SCC(N)=O. The Kier molecular flexibility index (Phi) is 3.90. The van der Waals surface area contributed by atoms with Crippen molar-refractivity contribution in [2.24, 2.45) is 5.73 Å². The van der Waals surface area contributed by atoms with Crippen LogP contribution in [0.15, 0.2) is 11.1 Å². The van der Waals surface area contributed by atoms with Gasteiger partial charge in [-0.05, 0) is 18.9 Å². The third-order valence-electron chi connectivity index (χ3n) is 2.77. The first-order chi connectivity index (χ1) is 9.32. The summed E-state index contributed by atoms with van der Waals surface area (Å²) in [6.45, 7) is 0.